The Morgan fingerprint density at radius 2 is 1.52 bits per heavy atom. The molecule has 3 nitrogen and oxygen atoms in total. The molecule has 1 N–H and O–H groups in total. The first-order valence-corrected chi connectivity index (χ1v) is 8.90. The van der Waals surface area contributed by atoms with Crippen LogP contribution < -0.4 is 5.32 Å². The van der Waals surface area contributed by atoms with Gasteiger partial charge < -0.3 is 5.32 Å². The first kappa shape index (κ1) is 21.0. The normalized spacial score (nSPS) is 19.0. The highest BCUT2D eigenvalue weighted by Crippen LogP contribution is 2.56. The van der Waals surface area contributed by atoms with E-state index in [1.165, 1.54) is 38.1 Å². The van der Waals surface area contributed by atoms with Crippen LogP contribution in [0.3, 0.4) is 0 Å². The molecule has 2 aromatic carbocycles. The van der Waals surface area contributed by atoms with Crippen LogP contribution in [-0.2, 0) is 0 Å². The van der Waals surface area contributed by atoms with Gasteiger partial charge in [0.25, 0.3) is 5.91 Å². The Morgan fingerprint density at radius 3 is 2.00 bits per heavy atom. The molecule has 3 rings (SSSR count). The van der Waals surface area contributed by atoms with Crippen LogP contribution in [0.1, 0.15) is 52.5 Å². The molecular weight excluding hydrogens is 393 g/mol. The molecule has 1 amide bonds. The second-order valence-electron chi connectivity index (χ2n) is 7.62. The van der Waals surface area contributed by atoms with E-state index < -0.39 is 52.4 Å². The summed E-state index contributed by atoms with van der Waals surface area (Å²) in [6, 6.07) is 8.66. The molecule has 1 aliphatic carbocycles. The largest absolute Gasteiger partial charge is 0.392 e. The van der Waals surface area contributed by atoms with Gasteiger partial charge >= 0.3 is 6.18 Å². The first-order valence-electron chi connectivity index (χ1n) is 8.90. The summed E-state index contributed by atoms with van der Waals surface area (Å²) in [6.45, 7) is 2.75. The van der Waals surface area contributed by atoms with Gasteiger partial charge in [-0.15, -0.1) is 0 Å². The van der Waals surface area contributed by atoms with Crippen molar-refractivity contribution in [3.63, 3.8) is 0 Å². The molecule has 0 radical (unpaired) electrons. The molecule has 0 aliphatic heterocycles. The van der Waals surface area contributed by atoms with Crippen LogP contribution >= 0.6 is 0 Å². The van der Waals surface area contributed by atoms with Gasteiger partial charge in [-0.05, 0) is 43.9 Å². The second-order valence-corrected chi connectivity index (χ2v) is 7.62. The van der Waals surface area contributed by atoms with Gasteiger partial charge in [-0.25, -0.2) is 8.78 Å². The number of alkyl halides is 3. The van der Waals surface area contributed by atoms with Crippen molar-refractivity contribution >= 4 is 11.7 Å². The Labute approximate surface area is 163 Å². The fourth-order valence-electron chi connectivity index (χ4n) is 3.29. The van der Waals surface area contributed by atoms with Crippen LogP contribution in [0.25, 0.3) is 0 Å². The van der Waals surface area contributed by atoms with Gasteiger partial charge in [-0.1, -0.05) is 30.3 Å². The van der Waals surface area contributed by atoms with Crippen LogP contribution in [0.4, 0.5) is 22.0 Å². The number of carbonyl (C=O) groups is 2. The molecule has 1 aliphatic rings. The number of hydrogen-bond acceptors (Lipinski definition) is 2. The molecule has 154 valence electrons. The minimum absolute atomic E-state index is 0.0204. The molecular formula is C21H18F5NO2. The summed E-state index contributed by atoms with van der Waals surface area (Å²) in [5, 5.41) is 2.31. The summed E-state index contributed by atoms with van der Waals surface area (Å²) < 4.78 is 65.7. The number of rotatable bonds is 5. The van der Waals surface area contributed by atoms with Crippen molar-refractivity contribution < 1.29 is 31.5 Å². The van der Waals surface area contributed by atoms with E-state index >= 15 is 0 Å². The number of benzene rings is 2. The van der Waals surface area contributed by atoms with Gasteiger partial charge in [0.15, 0.2) is 5.78 Å². The number of hydrogen-bond donors (Lipinski definition) is 1. The zero-order valence-corrected chi connectivity index (χ0v) is 15.6. The maximum atomic E-state index is 13.8. The monoisotopic (exact) mass is 411 g/mol. The predicted molar refractivity (Wildman–Crippen MR) is 95.6 cm³/mol. The zero-order valence-electron chi connectivity index (χ0n) is 15.6. The van der Waals surface area contributed by atoms with E-state index in [2.05, 4.69) is 5.32 Å². The lowest BCUT2D eigenvalue weighted by atomic mass is 9.91. The third-order valence-electron chi connectivity index (χ3n) is 5.00. The molecule has 1 saturated carbocycles. The summed E-state index contributed by atoms with van der Waals surface area (Å²) in [6.07, 6.45) is -4.22. The minimum Gasteiger partial charge on any atom is -0.340 e. The lowest BCUT2D eigenvalue weighted by molar-refractivity contribution is -0.148. The Balaban J connectivity index is 1.73. The second kappa shape index (κ2) is 7.24. The molecule has 2 atom stereocenters. The lowest BCUT2D eigenvalue weighted by Gasteiger charge is -2.25. The third-order valence-corrected chi connectivity index (χ3v) is 5.00. The standard InChI is InChI=1S/C21H18F5NO2/c1-20(2,27-19(29)17-15(22)4-3-5-16(17)23)18(28)12-8-6-11(7-9-12)13-10-14(13)21(24,25)26/h3-9,13-14H,10H2,1-2H3,(H,27,29). The van der Waals surface area contributed by atoms with Gasteiger partial charge in [-0.2, -0.15) is 13.2 Å². The van der Waals surface area contributed by atoms with Crippen LogP contribution in [0, 0.1) is 17.6 Å². The third kappa shape index (κ3) is 4.31. The number of amides is 1. The minimum atomic E-state index is -4.24. The SMILES string of the molecule is CC(C)(NC(=O)c1c(F)cccc1F)C(=O)c1ccc(C2CC2C(F)(F)F)cc1. The average Bonchev–Trinajstić information content (AvgIpc) is 3.42. The topological polar surface area (TPSA) is 46.2 Å². The molecule has 0 heterocycles. The van der Waals surface area contributed by atoms with Crippen molar-refractivity contribution in [1.82, 2.24) is 5.32 Å². The summed E-state index contributed by atoms with van der Waals surface area (Å²) in [5.41, 5.74) is -1.64. The van der Waals surface area contributed by atoms with Crippen molar-refractivity contribution in [3.05, 3.63) is 70.8 Å². The molecule has 0 spiro atoms. The van der Waals surface area contributed by atoms with Crippen LogP contribution in [0.5, 0.6) is 0 Å². The Morgan fingerprint density at radius 1 is 0.966 bits per heavy atom. The fraction of sp³-hybridized carbons (Fsp3) is 0.333. The van der Waals surface area contributed by atoms with E-state index in [0.29, 0.717) is 5.56 Å². The maximum absolute atomic E-state index is 13.8. The Kier molecular flexibility index (Phi) is 5.23. The summed E-state index contributed by atoms with van der Waals surface area (Å²) >= 11 is 0. The van der Waals surface area contributed by atoms with E-state index in [0.717, 1.165) is 18.2 Å². The van der Waals surface area contributed by atoms with E-state index in [-0.39, 0.29) is 12.0 Å². The number of Topliss-reactive ketones (excluding diaryl/α,β-unsaturated/α-hetero) is 1. The lowest BCUT2D eigenvalue weighted by Crippen LogP contribution is -2.50. The van der Waals surface area contributed by atoms with Crippen molar-refractivity contribution in [3.8, 4) is 0 Å². The predicted octanol–water partition coefficient (Wildman–Crippen LogP) is 5.02. The highest BCUT2D eigenvalue weighted by Gasteiger charge is 2.56. The van der Waals surface area contributed by atoms with Crippen LogP contribution in [0.2, 0.25) is 0 Å². The number of ketones is 1. The highest BCUT2D eigenvalue weighted by molar-refractivity contribution is 6.06. The van der Waals surface area contributed by atoms with Gasteiger partial charge in [0, 0.05) is 5.56 Å². The van der Waals surface area contributed by atoms with Crippen LogP contribution in [-0.4, -0.2) is 23.4 Å². The molecule has 0 saturated heterocycles. The van der Waals surface area contributed by atoms with Gasteiger partial charge in [0.2, 0.25) is 0 Å². The quantitative estimate of drug-likeness (QED) is 0.555. The van der Waals surface area contributed by atoms with Gasteiger partial charge in [-0.3, -0.25) is 9.59 Å². The molecule has 8 heteroatoms. The Bertz CT molecular complexity index is 930. The average molecular weight is 411 g/mol. The molecule has 29 heavy (non-hydrogen) atoms. The molecule has 2 unspecified atom stereocenters. The van der Waals surface area contributed by atoms with Crippen molar-refractivity contribution in [2.24, 2.45) is 5.92 Å². The number of halogens is 5. The molecule has 1 fully saturated rings. The molecule has 0 aromatic heterocycles. The first-order chi connectivity index (χ1) is 13.4. The maximum Gasteiger partial charge on any atom is 0.392 e. The van der Waals surface area contributed by atoms with Gasteiger partial charge in [0.1, 0.15) is 17.2 Å². The summed E-state index contributed by atoms with van der Waals surface area (Å²) in [4.78, 5) is 25.0. The van der Waals surface area contributed by atoms with Crippen molar-refractivity contribution in [1.29, 1.82) is 0 Å². The summed E-state index contributed by atoms with van der Waals surface area (Å²) in [7, 11) is 0. The van der Waals surface area contributed by atoms with E-state index in [4.69, 9.17) is 0 Å². The zero-order chi connectivity index (χ0) is 21.6. The van der Waals surface area contributed by atoms with E-state index in [1.54, 1.807) is 0 Å². The summed E-state index contributed by atoms with van der Waals surface area (Å²) in [5.74, 6) is -5.72. The van der Waals surface area contributed by atoms with E-state index in [9.17, 15) is 31.5 Å². The smallest absolute Gasteiger partial charge is 0.340 e. The Hall–Kier alpha value is -2.77. The fourth-order valence-corrected chi connectivity index (χ4v) is 3.29. The molecule has 2 aromatic rings. The van der Waals surface area contributed by atoms with Crippen molar-refractivity contribution in [2.75, 3.05) is 0 Å². The highest BCUT2D eigenvalue weighted by atomic mass is 19.4. The van der Waals surface area contributed by atoms with Gasteiger partial charge in [0.05, 0.1) is 11.5 Å². The number of nitrogens with one attached hydrogen (secondary N) is 1. The van der Waals surface area contributed by atoms with Crippen molar-refractivity contribution in [2.45, 2.75) is 37.9 Å². The molecule has 0 bridgehead atoms. The van der Waals surface area contributed by atoms with Crippen LogP contribution in [0.15, 0.2) is 42.5 Å². The van der Waals surface area contributed by atoms with E-state index in [1.807, 2.05) is 0 Å². The number of carbonyl (C=O) groups excluding carboxylic acids is 2.